The van der Waals surface area contributed by atoms with Crippen molar-refractivity contribution in [3.8, 4) is 0 Å². The number of carbonyl (C=O) groups is 2. The summed E-state index contributed by atoms with van der Waals surface area (Å²) in [7, 11) is 0. The van der Waals surface area contributed by atoms with Crippen molar-refractivity contribution in [3.63, 3.8) is 0 Å². The minimum Gasteiger partial charge on any atom is -0.358 e. The van der Waals surface area contributed by atoms with E-state index < -0.39 is 5.91 Å². The van der Waals surface area contributed by atoms with E-state index in [1.165, 1.54) is 0 Å². The van der Waals surface area contributed by atoms with Gasteiger partial charge in [0.25, 0.3) is 0 Å². The van der Waals surface area contributed by atoms with Crippen LogP contribution in [0.15, 0.2) is 0 Å². The quantitative estimate of drug-likeness (QED) is 0.329. The van der Waals surface area contributed by atoms with Gasteiger partial charge in [0.15, 0.2) is 0 Å². The maximum absolute atomic E-state index is 10.9. The number of hydrogen-bond acceptors (Lipinski definition) is 3. The molecule has 0 rings (SSSR count). The third-order valence-corrected chi connectivity index (χ3v) is 2.59. The minimum atomic E-state index is -0.406. The van der Waals surface area contributed by atoms with Crippen LogP contribution < -0.4 is 10.8 Å². The summed E-state index contributed by atoms with van der Waals surface area (Å²) < 4.78 is 0. The Hall–Kier alpha value is -1.10. The van der Waals surface area contributed by atoms with Crippen molar-refractivity contribution in [1.29, 1.82) is 0 Å². The Labute approximate surface area is 83.8 Å². The van der Waals surface area contributed by atoms with Gasteiger partial charge in [-0.05, 0) is 11.3 Å². The normalized spacial score (nSPS) is 13.1. The zero-order valence-corrected chi connectivity index (χ0v) is 8.83. The lowest BCUT2D eigenvalue weighted by Crippen LogP contribution is -2.36. The smallest absolute Gasteiger partial charge is 0.243 e. The molecule has 0 aromatic heterocycles. The Kier molecular flexibility index (Phi) is 5.15. The topological polar surface area (TPSA) is 78.4 Å². The van der Waals surface area contributed by atoms with Gasteiger partial charge in [0.2, 0.25) is 12.3 Å². The molecule has 82 valence electrons. The van der Waals surface area contributed by atoms with Gasteiger partial charge in [0, 0.05) is 13.0 Å². The van der Waals surface area contributed by atoms with Gasteiger partial charge < -0.3 is 5.32 Å². The fourth-order valence-corrected chi connectivity index (χ4v) is 1.08. The second-order valence-corrected chi connectivity index (χ2v) is 4.13. The molecule has 5 heteroatoms. The van der Waals surface area contributed by atoms with E-state index in [0.29, 0.717) is 13.0 Å². The average Bonchev–Trinajstić information content (AvgIpc) is 2.14. The Morgan fingerprint density at radius 3 is 2.57 bits per heavy atom. The molecule has 0 aliphatic heterocycles. The predicted molar refractivity (Wildman–Crippen MR) is 51.6 cm³/mol. The summed E-state index contributed by atoms with van der Waals surface area (Å²) in [6, 6.07) is 0. The molecular weight excluding hydrogens is 184 g/mol. The monoisotopic (exact) mass is 202 g/mol. The van der Waals surface area contributed by atoms with Crippen LogP contribution in [0.2, 0.25) is 0 Å². The molecule has 0 saturated carbocycles. The molecule has 2 amide bonds. The van der Waals surface area contributed by atoms with Crippen molar-refractivity contribution in [2.75, 3.05) is 6.54 Å². The van der Waals surface area contributed by atoms with Gasteiger partial charge in [0.05, 0.1) is 0 Å². The van der Waals surface area contributed by atoms with Gasteiger partial charge in [0.1, 0.15) is 0 Å². The van der Waals surface area contributed by atoms with Crippen molar-refractivity contribution < 1.29 is 14.8 Å². The zero-order valence-electron chi connectivity index (χ0n) is 8.83. The third-order valence-electron chi connectivity index (χ3n) is 2.59. The number of hydrogen-bond donors (Lipinski definition) is 3. The first-order valence-corrected chi connectivity index (χ1v) is 4.54. The SMILES string of the molecule is CC(CC(=O)NO)C(C)(C)CNC=O. The second kappa shape index (κ2) is 5.59. The first-order chi connectivity index (χ1) is 6.44. The predicted octanol–water partition coefficient (Wildman–Crippen LogP) is 0.290. The first kappa shape index (κ1) is 12.9. The Morgan fingerprint density at radius 2 is 2.14 bits per heavy atom. The fourth-order valence-electron chi connectivity index (χ4n) is 1.08. The molecule has 0 aliphatic rings. The number of hydroxylamine groups is 1. The summed E-state index contributed by atoms with van der Waals surface area (Å²) in [6.07, 6.45) is 0.880. The highest BCUT2D eigenvalue weighted by molar-refractivity contribution is 5.74. The Balaban J connectivity index is 4.12. The Morgan fingerprint density at radius 1 is 1.57 bits per heavy atom. The van der Waals surface area contributed by atoms with Crippen molar-refractivity contribution in [2.45, 2.75) is 27.2 Å². The summed E-state index contributed by atoms with van der Waals surface area (Å²) in [4.78, 5) is 21.0. The molecule has 0 aromatic carbocycles. The van der Waals surface area contributed by atoms with E-state index in [2.05, 4.69) is 5.32 Å². The van der Waals surface area contributed by atoms with Crippen molar-refractivity contribution in [2.24, 2.45) is 11.3 Å². The largest absolute Gasteiger partial charge is 0.358 e. The van der Waals surface area contributed by atoms with Crippen LogP contribution in [0.4, 0.5) is 0 Å². The summed E-state index contributed by atoms with van der Waals surface area (Å²) in [5.41, 5.74) is 1.42. The highest BCUT2D eigenvalue weighted by Gasteiger charge is 2.27. The van der Waals surface area contributed by atoms with Gasteiger partial charge >= 0.3 is 0 Å². The number of rotatable bonds is 6. The molecule has 0 aliphatic carbocycles. The number of amides is 2. The lowest BCUT2D eigenvalue weighted by atomic mass is 9.78. The molecule has 1 atom stereocenters. The molecule has 0 fully saturated rings. The van der Waals surface area contributed by atoms with Gasteiger partial charge in [-0.1, -0.05) is 20.8 Å². The maximum atomic E-state index is 10.9. The minimum absolute atomic E-state index is 0.0714. The summed E-state index contributed by atoms with van der Waals surface area (Å²) >= 11 is 0. The standard InChI is InChI=1S/C9H18N2O3/c1-7(4-8(13)11-14)9(2,3)5-10-6-12/h6-7,14H,4-5H2,1-3H3,(H,10,12)(H,11,13). The van der Waals surface area contributed by atoms with Crippen LogP contribution in [0, 0.1) is 11.3 Å². The van der Waals surface area contributed by atoms with Crippen LogP contribution in [-0.2, 0) is 9.59 Å². The molecule has 0 heterocycles. The van der Waals surface area contributed by atoms with Crippen molar-refractivity contribution in [3.05, 3.63) is 0 Å². The maximum Gasteiger partial charge on any atom is 0.243 e. The van der Waals surface area contributed by atoms with Crippen molar-refractivity contribution >= 4 is 12.3 Å². The van der Waals surface area contributed by atoms with Crippen LogP contribution in [0.5, 0.6) is 0 Å². The van der Waals surface area contributed by atoms with E-state index in [9.17, 15) is 9.59 Å². The summed E-state index contributed by atoms with van der Waals surface area (Å²) in [6.45, 7) is 6.33. The first-order valence-electron chi connectivity index (χ1n) is 4.54. The van der Waals surface area contributed by atoms with Gasteiger partial charge in [-0.3, -0.25) is 14.8 Å². The van der Waals surface area contributed by atoms with Gasteiger partial charge in [-0.25, -0.2) is 5.48 Å². The van der Waals surface area contributed by atoms with Crippen LogP contribution >= 0.6 is 0 Å². The number of carbonyl (C=O) groups excluding carboxylic acids is 2. The highest BCUT2D eigenvalue weighted by atomic mass is 16.5. The molecule has 0 spiro atoms. The average molecular weight is 202 g/mol. The summed E-state index contributed by atoms with van der Waals surface area (Å²) in [5, 5.41) is 10.9. The van der Waals surface area contributed by atoms with Crippen molar-refractivity contribution in [1.82, 2.24) is 10.8 Å². The van der Waals surface area contributed by atoms with E-state index in [0.717, 1.165) is 0 Å². The molecule has 0 saturated heterocycles. The molecular formula is C9H18N2O3. The van der Waals surface area contributed by atoms with Crippen LogP contribution in [0.3, 0.4) is 0 Å². The van der Waals surface area contributed by atoms with E-state index >= 15 is 0 Å². The van der Waals surface area contributed by atoms with Crippen LogP contribution in [0.25, 0.3) is 0 Å². The van der Waals surface area contributed by atoms with E-state index in [1.807, 2.05) is 20.8 Å². The second-order valence-electron chi connectivity index (χ2n) is 4.13. The summed E-state index contributed by atoms with van der Waals surface area (Å²) in [5.74, 6) is -0.334. The lowest BCUT2D eigenvalue weighted by molar-refractivity contribution is -0.130. The van der Waals surface area contributed by atoms with Crippen LogP contribution in [-0.4, -0.2) is 24.1 Å². The molecule has 14 heavy (non-hydrogen) atoms. The van der Waals surface area contributed by atoms with E-state index in [1.54, 1.807) is 5.48 Å². The number of nitrogens with one attached hydrogen (secondary N) is 2. The van der Waals surface area contributed by atoms with E-state index in [-0.39, 0.29) is 17.8 Å². The third kappa shape index (κ3) is 4.23. The molecule has 0 bridgehead atoms. The van der Waals surface area contributed by atoms with E-state index in [4.69, 9.17) is 5.21 Å². The van der Waals surface area contributed by atoms with Crippen LogP contribution in [0.1, 0.15) is 27.2 Å². The highest BCUT2D eigenvalue weighted by Crippen LogP contribution is 2.27. The molecule has 1 unspecified atom stereocenters. The molecule has 5 nitrogen and oxygen atoms in total. The lowest BCUT2D eigenvalue weighted by Gasteiger charge is -2.30. The van der Waals surface area contributed by atoms with Gasteiger partial charge in [-0.2, -0.15) is 0 Å². The fraction of sp³-hybridized carbons (Fsp3) is 0.778. The zero-order chi connectivity index (χ0) is 11.2. The molecule has 3 N–H and O–H groups in total. The van der Waals surface area contributed by atoms with Gasteiger partial charge in [-0.15, -0.1) is 0 Å². The Bertz CT molecular complexity index is 204. The molecule has 0 aromatic rings. The molecule has 0 radical (unpaired) electrons.